The summed E-state index contributed by atoms with van der Waals surface area (Å²) in [7, 11) is 0. The van der Waals surface area contributed by atoms with Crippen LogP contribution in [0.15, 0.2) is 67.0 Å². The maximum absolute atomic E-state index is 13.5. The van der Waals surface area contributed by atoms with Crippen LogP contribution >= 0.6 is 11.6 Å². The normalized spacial score (nSPS) is 20.7. The zero-order valence-corrected chi connectivity index (χ0v) is 18.9. The molecule has 8 heteroatoms. The van der Waals surface area contributed by atoms with E-state index in [4.69, 9.17) is 16.3 Å². The number of anilines is 1. The lowest BCUT2D eigenvalue weighted by Gasteiger charge is -2.26. The lowest BCUT2D eigenvalue weighted by atomic mass is 9.95. The number of halogens is 1. The highest BCUT2D eigenvalue weighted by molar-refractivity contribution is 6.30. The molecule has 2 aromatic carbocycles. The summed E-state index contributed by atoms with van der Waals surface area (Å²) in [6, 6.07) is 16.8. The first-order valence-electron chi connectivity index (χ1n) is 11.1. The van der Waals surface area contributed by atoms with Gasteiger partial charge in [-0.25, -0.2) is 4.79 Å². The maximum Gasteiger partial charge on any atom is 0.415 e. The molecule has 0 unspecified atom stereocenters. The van der Waals surface area contributed by atoms with Crippen LogP contribution < -0.4 is 4.90 Å². The number of carbonyl (C=O) groups is 2. The fraction of sp³-hybridized carbons (Fsp3) is 0.320. The number of amides is 2. The van der Waals surface area contributed by atoms with Gasteiger partial charge in [0.15, 0.2) is 0 Å². The summed E-state index contributed by atoms with van der Waals surface area (Å²) in [4.78, 5) is 29.7. The number of aromatic nitrogens is 2. The molecular formula is C25H25ClN4O3. The van der Waals surface area contributed by atoms with Gasteiger partial charge in [-0.3, -0.25) is 14.4 Å². The molecule has 2 aliphatic heterocycles. The van der Waals surface area contributed by atoms with E-state index in [0.29, 0.717) is 49.6 Å². The summed E-state index contributed by atoms with van der Waals surface area (Å²) in [5.74, 6) is 0.00540. The monoisotopic (exact) mass is 464 g/mol. The Balaban J connectivity index is 1.30. The zero-order chi connectivity index (χ0) is 22.8. The van der Waals surface area contributed by atoms with Gasteiger partial charge in [0, 0.05) is 48.2 Å². The number of hydrogen-bond donors (Lipinski definition) is 0. The molecule has 1 aromatic heterocycles. The van der Waals surface area contributed by atoms with E-state index in [-0.39, 0.29) is 12.0 Å². The average Bonchev–Trinajstić information content (AvgIpc) is 3.38. The predicted molar refractivity (Wildman–Crippen MR) is 126 cm³/mol. The molecule has 2 amide bonds. The standard InChI is InChI=1S/C25H25ClN4O3/c26-20-7-3-8-21(16-20)30-18-25(33-24(30)32)10-4-13-28(15-11-25)23(31)22-9-2-1-6-19(22)17-29-14-5-12-27-29/h1-3,5-9,12,14,16H,4,10-11,13,15,17-18H2/t25-/m0/s1. The van der Waals surface area contributed by atoms with E-state index in [1.807, 2.05) is 58.2 Å². The molecule has 33 heavy (non-hydrogen) atoms. The zero-order valence-electron chi connectivity index (χ0n) is 18.2. The lowest BCUT2D eigenvalue weighted by molar-refractivity contribution is 0.0438. The molecule has 0 saturated carbocycles. The van der Waals surface area contributed by atoms with Crippen LogP contribution in [0.4, 0.5) is 10.5 Å². The van der Waals surface area contributed by atoms with Crippen LogP contribution in [0.2, 0.25) is 5.02 Å². The predicted octanol–water partition coefficient (Wildman–Crippen LogP) is 4.61. The smallest absolute Gasteiger partial charge is 0.415 e. The number of benzene rings is 2. The molecular weight excluding hydrogens is 440 g/mol. The van der Waals surface area contributed by atoms with E-state index in [1.165, 1.54) is 0 Å². The summed E-state index contributed by atoms with van der Waals surface area (Å²) in [5, 5.41) is 4.84. The molecule has 2 aliphatic rings. The summed E-state index contributed by atoms with van der Waals surface area (Å²) in [5.41, 5.74) is 1.76. The van der Waals surface area contributed by atoms with Crippen molar-refractivity contribution in [3.05, 3.63) is 83.1 Å². The highest BCUT2D eigenvalue weighted by Gasteiger charge is 2.46. The van der Waals surface area contributed by atoms with Crippen LogP contribution in [0.5, 0.6) is 0 Å². The third kappa shape index (κ3) is 4.46. The van der Waals surface area contributed by atoms with Gasteiger partial charge in [-0.1, -0.05) is 35.9 Å². The minimum Gasteiger partial charge on any atom is -0.441 e. The third-order valence-electron chi connectivity index (χ3n) is 6.41. The van der Waals surface area contributed by atoms with Crippen molar-refractivity contribution in [2.45, 2.75) is 31.4 Å². The van der Waals surface area contributed by atoms with Crippen molar-refractivity contribution in [2.24, 2.45) is 0 Å². The second kappa shape index (κ2) is 8.90. The Bertz CT molecular complexity index is 1170. The van der Waals surface area contributed by atoms with Gasteiger partial charge >= 0.3 is 6.09 Å². The van der Waals surface area contributed by atoms with E-state index in [1.54, 1.807) is 23.2 Å². The first-order chi connectivity index (χ1) is 16.0. The maximum atomic E-state index is 13.5. The molecule has 1 spiro atoms. The van der Waals surface area contributed by atoms with Crippen molar-refractivity contribution in [3.8, 4) is 0 Å². The molecule has 2 fully saturated rings. The van der Waals surface area contributed by atoms with Crippen molar-refractivity contribution in [1.82, 2.24) is 14.7 Å². The number of ether oxygens (including phenoxy) is 1. The molecule has 2 saturated heterocycles. The number of hydrogen-bond acceptors (Lipinski definition) is 4. The topological polar surface area (TPSA) is 67.7 Å². The van der Waals surface area contributed by atoms with Gasteiger partial charge in [0.05, 0.1) is 13.1 Å². The van der Waals surface area contributed by atoms with E-state index >= 15 is 0 Å². The minimum absolute atomic E-state index is 0.00540. The van der Waals surface area contributed by atoms with E-state index in [9.17, 15) is 9.59 Å². The van der Waals surface area contributed by atoms with Gasteiger partial charge in [0.2, 0.25) is 0 Å². The number of nitrogens with zero attached hydrogens (tertiary/aromatic N) is 4. The SMILES string of the molecule is O=C(c1ccccc1Cn1cccn1)N1CCC[C@]2(CC1)CN(c1cccc(Cl)c1)C(=O)O2. The van der Waals surface area contributed by atoms with Gasteiger partial charge in [0.1, 0.15) is 5.60 Å². The molecule has 0 radical (unpaired) electrons. The number of likely N-dealkylation sites (tertiary alicyclic amines) is 1. The first-order valence-corrected chi connectivity index (χ1v) is 11.5. The van der Waals surface area contributed by atoms with Crippen LogP contribution in [-0.4, -0.2) is 51.9 Å². The van der Waals surface area contributed by atoms with Crippen LogP contribution in [-0.2, 0) is 11.3 Å². The molecule has 1 atom stereocenters. The highest BCUT2D eigenvalue weighted by Crippen LogP contribution is 2.36. The average molecular weight is 465 g/mol. The molecule has 7 nitrogen and oxygen atoms in total. The second-order valence-electron chi connectivity index (χ2n) is 8.62. The molecule has 5 rings (SSSR count). The summed E-state index contributed by atoms with van der Waals surface area (Å²) >= 11 is 6.12. The minimum atomic E-state index is -0.594. The molecule has 3 aromatic rings. The Morgan fingerprint density at radius 1 is 1.09 bits per heavy atom. The van der Waals surface area contributed by atoms with Crippen molar-refractivity contribution in [3.63, 3.8) is 0 Å². The summed E-state index contributed by atoms with van der Waals surface area (Å²) < 4.78 is 7.71. The largest absolute Gasteiger partial charge is 0.441 e. The van der Waals surface area contributed by atoms with Gasteiger partial charge in [-0.05, 0) is 48.7 Å². The Hall–Kier alpha value is -3.32. The number of carbonyl (C=O) groups excluding carboxylic acids is 2. The first kappa shape index (κ1) is 21.5. The molecule has 0 aliphatic carbocycles. The molecule has 3 heterocycles. The number of rotatable bonds is 4. The Morgan fingerprint density at radius 3 is 2.79 bits per heavy atom. The Morgan fingerprint density at radius 2 is 1.97 bits per heavy atom. The van der Waals surface area contributed by atoms with Crippen LogP contribution in [0.3, 0.4) is 0 Å². The van der Waals surface area contributed by atoms with E-state index in [0.717, 1.165) is 17.7 Å². The Labute approximate surface area is 197 Å². The highest BCUT2D eigenvalue weighted by atomic mass is 35.5. The molecule has 0 N–H and O–H groups in total. The van der Waals surface area contributed by atoms with Crippen LogP contribution in [0.1, 0.15) is 35.2 Å². The van der Waals surface area contributed by atoms with Crippen molar-refractivity contribution in [1.29, 1.82) is 0 Å². The van der Waals surface area contributed by atoms with E-state index < -0.39 is 5.60 Å². The van der Waals surface area contributed by atoms with Crippen LogP contribution in [0, 0.1) is 0 Å². The fourth-order valence-electron chi connectivity index (χ4n) is 4.70. The quantitative estimate of drug-likeness (QED) is 0.565. The fourth-order valence-corrected chi connectivity index (χ4v) is 4.89. The lowest BCUT2D eigenvalue weighted by Crippen LogP contribution is -2.37. The Kier molecular flexibility index (Phi) is 5.81. The molecule has 170 valence electrons. The summed E-state index contributed by atoms with van der Waals surface area (Å²) in [6.07, 6.45) is 5.34. The van der Waals surface area contributed by atoms with Gasteiger partial charge in [-0.15, -0.1) is 0 Å². The molecule has 0 bridgehead atoms. The van der Waals surface area contributed by atoms with Crippen molar-refractivity contribution in [2.75, 3.05) is 24.5 Å². The third-order valence-corrected chi connectivity index (χ3v) is 6.65. The van der Waals surface area contributed by atoms with Gasteiger partial charge in [0.25, 0.3) is 5.91 Å². The van der Waals surface area contributed by atoms with Crippen LogP contribution in [0.25, 0.3) is 0 Å². The van der Waals surface area contributed by atoms with Gasteiger partial charge in [-0.2, -0.15) is 5.10 Å². The van der Waals surface area contributed by atoms with Crippen molar-refractivity contribution < 1.29 is 14.3 Å². The van der Waals surface area contributed by atoms with Gasteiger partial charge < -0.3 is 9.64 Å². The van der Waals surface area contributed by atoms with E-state index in [2.05, 4.69) is 5.10 Å². The van der Waals surface area contributed by atoms with Crippen molar-refractivity contribution >= 4 is 29.3 Å². The summed E-state index contributed by atoms with van der Waals surface area (Å²) in [6.45, 7) is 2.17. The second-order valence-corrected chi connectivity index (χ2v) is 9.06.